The van der Waals surface area contributed by atoms with Crippen molar-refractivity contribution in [1.82, 2.24) is 0 Å². The lowest BCUT2D eigenvalue weighted by atomic mass is 9.99. The van der Waals surface area contributed by atoms with Gasteiger partial charge in [-0.3, -0.25) is 9.59 Å². The first-order valence-electron chi connectivity index (χ1n) is 7.72. The summed E-state index contributed by atoms with van der Waals surface area (Å²) >= 11 is 12.1. The first-order chi connectivity index (χ1) is 11.3. The first kappa shape index (κ1) is 15.7. The van der Waals surface area contributed by atoms with E-state index in [1.54, 1.807) is 18.2 Å². The Bertz CT molecular complexity index is 834. The molecule has 2 aliphatic rings. The second-order valence-corrected chi connectivity index (χ2v) is 7.69. The molecule has 0 aromatic heterocycles. The predicted octanol–water partition coefficient (Wildman–Crippen LogP) is 4.68. The molecule has 1 aliphatic heterocycles. The number of hydrogen-bond acceptors (Lipinski definition) is 2. The number of rotatable bonds is 2. The number of hydrogen-bond donors (Lipinski definition) is 0. The minimum atomic E-state index is -0.736. The second kappa shape index (κ2) is 4.84. The molecule has 1 saturated heterocycles. The Labute approximate surface area is 150 Å². The van der Waals surface area contributed by atoms with Crippen molar-refractivity contribution in [3.05, 3.63) is 64.1 Å². The Balaban J connectivity index is 1.78. The molecular formula is C19H15Cl2NO2. The molecule has 2 aromatic rings. The van der Waals surface area contributed by atoms with Crippen LogP contribution in [-0.2, 0) is 9.59 Å². The van der Waals surface area contributed by atoms with Gasteiger partial charge in [0.05, 0.1) is 16.5 Å². The van der Waals surface area contributed by atoms with Crippen LogP contribution in [-0.4, -0.2) is 11.8 Å². The number of fused-ring (bicyclic) bond motifs is 1. The third kappa shape index (κ3) is 1.74. The zero-order valence-corrected chi connectivity index (χ0v) is 14.7. The van der Waals surface area contributed by atoms with Crippen LogP contribution in [0.25, 0.3) is 0 Å². The SMILES string of the molecule is C[C@@]12C(=O)N(c3cc(Cl)cc(Cl)c3)C(=O)[C@]1(C)C2c1ccccc1. The third-order valence-corrected chi connectivity index (χ3v) is 6.12. The Morgan fingerprint density at radius 3 is 1.88 bits per heavy atom. The van der Waals surface area contributed by atoms with Crippen molar-refractivity contribution in [1.29, 1.82) is 0 Å². The number of nitrogens with zero attached hydrogens (tertiary/aromatic N) is 1. The van der Waals surface area contributed by atoms with Gasteiger partial charge in [0.1, 0.15) is 0 Å². The molecule has 0 N–H and O–H groups in total. The van der Waals surface area contributed by atoms with Gasteiger partial charge in [-0.15, -0.1) is 0 Å². The van der Waals surface area contributed by atoms with Crippen LogP contribution in [0, 0.1) is 10.8 Å². The molecule has 4 rings (SSSR count). The number of anilines is 1. The largest absolute Gasteiger partial charge is 0.273 e. The fourth-order valence-electron chi connectivity index (χ4n) is 4.26. The maximum absolute atomic E-state index is 13.1. The zero-order valence-electron chi connectivity index (χ0n) is 13.2. The molecule has 5 heteroatoms. The summed E-state index contributed by atoms with van der Waals surface area (Å²) in [5.74, 6) is -0.485. The summed E-state index contributed by atoms with van der Waals surface area (Å²) in [7, 11) is 0. The van der Waals surface area contributed by atoms with Crippen LogP contribution in [0.1, 0.15) is 25.3 Å². The average molecular weight is 360 g/mol. The molecule has 2 amide bonds. The molecule has 1 saturated carbocycles. The molecule has 2 fully saturated rings. The zero-order chi connectivity index (χ0) is 17.3. The fourth-order valence-corrected chi connectivity index (χ4v) is 4.78. The molecule has 24 heavy (non-hydrogen) atoms. The van der Waals surface area contributed by atoms with Gasteiger partial charge in [-0.1, -0.05) is 53.5 Å². The molecule has 3 atom stereocenters. The number of carbonyl (C=O) groups is 2. The van der Waals surface area contributed by atoms with Crippen molar-refractivity contribution >= 4 is 40.7 Å². The molecule has 1 unspecified atom stereocenters. The highest BCUT2D eigenvalue weighted by Crippen LogP contribution is 2.78. The quantitative estimate of drug-likeness (QED) is 0.730. The van der Waals surface area contributed by atoms with Crippen LogP contribution < -0.4 is 4.90 Å². The van der Waals surface area contributed by atoms with Gasteiger partial charge in [-0.2, -0.15) is 0 Å². The molecule has 0 bridgehead atoms. The van der Waals surface area contributed by atoms with Crippen molar-refractivity contribution in [3.63, 3.8) is 0 Å². The van der Waals surface area contributed by atoms with Crippen molar-refractivity contribution in [2.24, 2.45) is 10.8 Å². The van der Waals surface area contributed by atoms with Crippen LogP contribution in [0.5, 0.6) is 0 Å². The van der Waals surface area contributed by atoms with Crippen molar-refractivity contribution < 1.29 is 9.59 Å². The van der Waals surface area contributed by atoms with E-state index in [9.17, 15) is 9.59 Å². The van der Waals surface area contributed by atoms with Crippen molar-refractivity contribution in [2.45, 2.75) is 19.8 Å². The van der Waals surface area contributed by atoms with E-state index in [0.717, 1.165) is 5.56 Å². The summed E-state index contributed by atoms with van der Waals surface area (Å²) in [6.45, 7) is 3.74. The summed E-state index contributed by atoms with van der Waals surface area (Å²) in [6.07, 6.45) is 0. The maximum atomic E-state index is 13.1. The highest BCUT2D eigenvalue weighted by Gasteiger charge is 2.85. The van der Waals surface area contributed by atoms with Gasteiger partial charge in [-0.05, 0) is 37.6 Å². The lowest BCUT2D eigenvalue weighted by Crippen LogP contribution is -2.37. The summed E-state index contributed by atoms with van der Waals surface area (Å²) in [4.78, 5) is 27.5. The predicted molar refractivity (Wildman–Crippen MR) is 94.4 cm³/mol. The maximum Gasteiger partial charge on any atom is 0.241 e. The summed E-state index contributed by atoms with van der Waals surface area (Å²) in [6, 6.07) is 14.5. The standard InChI is InChI=1S/C19H15Cl2NO2/c1-18-15(11-6-4-3-5-7-11)19(18,2)17(24)22(16(18)23)14-9-12(20)8-13(21)10-14/h3-10,15H,1-2H3/t15?,18-,19+. The van der Waals surface area contributed by atoms with Crippen LogP contribution in [0.15, 0.2) is 48.5 Å². The smallest absolute Gasteiger partial charge is 0.241 e. The van der Waals surface area contributed by atoms with E-state index < -0.39 is 10.8 Å². The monoisotopic (exact) mass is 359 g/mol. The number of carbonyl (C=O) groups excluding carboxylic acids is 2. The minimum absolute atomic E-state index is 0.0999. The van der Waals surface area contributed by atoms with Crippen LogP contribution in [0.3, 0.4) is 0 Å². The number of imide groups is 1. The Morgan fingerprint density at radius 1 is 0.875 bits per heavy atom. The number of piperidine rings is 1. The van der Waals surface area contributed by atoms with E-state index in [2.05, 4.69) is 0 Å². The van der Waals surface area contributed by atoms with Gasteiger partial charge < -0.3 is 0 Å². The van der Waals surface area contributed by atoms with Gasteiger partial charge in [0, 0.05) is 16.0 Å². The summed E-state index contributed by atoms with van der Waals surface area (Å²) in [5.41, 5.74) is -0.0163. The van der Waals surface area contributed by atoms with E-state index in [1.807, 2.05) is 44.2 Å². The average Bonchev–Trinajstić information content (AvgIpc) is 3.00. The Hall–Kier alpha value is -1.84. The first-order valence-corrected chi connectivity index (χ1v) is 8.47. The summed E-state index contributed by atoms with van der Waals surface area (Å²) in [5, 5.41) is 0.794. The number of halogens is 2. The lowest BCUT2D eigenvalue weighted by Gasteiger charge is -2.22. The van der Waals surface area contributed by atoms with Crippen molar-refractivity contribution in [2.75, 3.05) is 4.90 Å². The molecule has 2 aromatic carbocycles. The van der Waals surface area contributed by atoms with E-state index in [4.69, 9.17) is 23.2 Å². The Kier molecular flexibility index (Phi) is 3.16. The number of benzene rings is 2. The molecule has 0 spiro atoms. The third-order valence-electron chi connectivity index (χ3n) is 5.68. The summed E-state index contributed by atoms with van der Waals surface area (Å²) < 4.78 is 0. The lowest BCUT2D eigenvalue weighted by molar-refractivity contribution is -0.125. The molecular weight excluding hydrogens is 345 g/mol. The van der Waals surface area contributed by atoms with Gasteiger partial charge in [0.2, 0.25) is 11.8 Å². The van der Waals surface area contributed by atoms with E-state index in [-0.39, 0.29) is 17.7 Å². The van der Waals surface area contributed by atoms with Gasteiger partial charge in [0.15, 0.2) is 0 Å². The second-order valence-electron chi connectivity index (χ2n) is 6.82. The van der Waals surface area contributed by atoms with E-state index in [0.29, 0.717) is 15.7 Å². The topological polar surface area (TPSA) is 37.4 Å². The van der Waals surface area contributed by atoms with Crippen LogP contribution in [0.4, 0.5) is 5.69 Å². The van der Waals surface area contributed by atoms with Crippen molar-refractivity contribution in [3.8, 4) is 0 Å². The fraction of sp³-hybridized carbons (Fsp3) is 0.263. The van der Waals surface area contributed by atoms with E-state index >= 15 is 0 Å². The molecule has 122 valence electrons. The molecule has 1 aliphatic carbocycles. The minimum Gasteiger partial charge on any atom is -0.273 e. The normalized spacial score (nSPS) is 31.3. The highest BCUT2D eigenvalue weighted by atomic mass is 35.5. The highest BCUT2D eigenvalue weighted by molar-refractivity contribution is 6.36. The van der Waals surface area contributed by atoms with Gasteiger partial charge >= 0.3 is 0 Å². The van der Waals surface area contributed by atoms with Gasteiger partial charge in [0.25, 0.3) is 0 Å². The molecule has 0 radical (unpaired) electrons. The van der Waals surface area contributed by atoms with Crippen LogP contribution in [0.2, 0.25) is 10.0 Å². The number of amides is 2. The van der Waals surface area contributed by atoms with Crippen LogP contribution >= 0.6 is 23.2 Å². The van der Waals surface area contributed by atoms with E-state index in [1.165, 1.54) is 4.90 Å². The molecule has 3 nitrogen and oxygen atoms in total. The Morgan fingerprint density at radius 2 is 1.38 bits per heavy atom. The van der Waals surface area contributed by atoms with Gasteiger partial charge in [-0.25, -0.2) is 4.90 Å². The molecule has 1 heterocycles.